The lowest BCUT2D eigenvalue weighted by Crippen LogP contribution is -2.58. The van der Waals surface area contributed by atoms with E-state index in [-0.39, 0.29) is 17.7 Å². The van der Waals surface area contributed by atoms with Gasteiger partial charge in [-0.1, -0.05) is 24.3 Å². The van der Waals surface area contributed by atoms with Crippen LogP contribution in [-0.2, 0) is 28.5 Å². The molecule has 0 aliphatic carbocycles. The molecule has 0 spiro atoms. The van der Waals surface area contributed by atoms with Crippen molar-refractivity contribution in [2.24, 2.45) is 0 Å². The van der Waals surface area contributed by atoms with Gasteiger partial charge in [0.2, 0.25) is 0 Å². The van der Waals surface area contributed by atoms with Crippen molar-refractivity contribution in [1.29, 1.82) is 0 Å². The van der Waals surface area contributed by atoms with E-state index >= 15 is 0 Å². The first-order chi connectivity index (χ1) is 19.2. The van der Waals surface area contributed by atoms with Crippen LogP contribution in [0.1, 0.15) is 44.4 Å². The molecule has 14 heteroatoms. The molecule has 214 valence electrons. The monoisotopic (exact) mass is 560 g/mol. The Balaban J connectivity index is 1.43. The predicted octanol–water partition coefficient (Wildman–Crippen LogP) is -0.435. The molecule has 4 rings (SSSR count). The molecule has 2 amide bonds. The Kier molecular flexibility index (Phi) is 9.42. The van der Waals surface area contributed by atoms with Crippen LogP contribution in [-0.4, -0.2) is 94.9 Å². The molecule has 6 N–H and O–H groups in total. The van der Waals surface area contributed by atoms with E-state index in [2.05, 4.69) is 10.6 Å². The van der Waals surface area contributed by atoms with Crippen LogP contribution >= 0.6 is 0 Å². The zero-order valence-corrected chi connectivity index (χ0v) is 21.0. The summed E-state index contributed by atoms with van der Waals surface area (Å²) in [5, 5.41) is 42.1. The number of rotatable bonds is 10. The van der Waals surface area contributed by atoms with Gasteiger partial charge in [0.25, 0.3) is 11.8 Å². The summed E-state index contributed by atoms with van der Waals surface area (Å²) < 4.78 is 23.9. The van der Waals surface area contributed by atoms with Crippen LogP contribution in [0, 0.1) is 0 Å². The van der Waals surface area contributed by atoms with Crippen molar-refractivity contribution in [3.63, 3.8) is 0 Å². The molecule has 0 radical (unpaired) electrons. The lowest BCUT2D eigenvalue weighted by atomic mass is 9.99. The Bertz CT molecular complexity index is 1220. The van der Waals surface area contributed by atoms with Crippen LogP contribution in [0.5, 0.6) is 0 Å². The smallest absolute Gasteiger partial charge is 0.322 e. The number of carbonyl (C=O) groups is 4. The Morgan fingerprint density at radius 2 is 1.27 bits per heavy atom. The number of benzene rings is 2. The zero-order valence-electron chi connectivity index (χ0n) is 21.0. The van der Waals surface area contributed by atoms with E-state index in [1.54, 1.807) is 24.3 Å². The molecule has 40 heavy (non-hydrogen) atoms. The Labute approximate surface area is 227 Å². The number of aliphatic carboxylic acids is 2. The quantitative estimate of drug-likeness (QED) is 0.219. The molecule has 2 saturated heterocycles. The maximum atomic E-state index is 12.1. The number of hydrogen-bond acceptors (Lipinski definition) is 10. The number of carbonyl (C=O) groups excluding carboxylic acids is 2. The van der Waals surface area contributed by atoms with Crippen LogP contribution < -0.4 is 10.6 Å². The SMILES string of the molecule is O=C(O)CNC(=O)c1ccc(C2OC[C@@H]3OC(c4ccc(C(=O)NCC(=O)O)cc4)O[C@H]([C@H](O)CO)[C@@H]3O2)cc1. The van der Waals surface area contributed by atoms with E-state index in [0.717, 1.165) is 0 Å². The number of aliphatic hydroxyl groups is 2. The number of hydrogen-bond donors (Lipinski definition) is 6. The van der Waals surface area contributed by atoms with E-state index < -0.39 is 80.4 Å². The highest BCUT2D eigenvalue weighted by atomic mass is 16.8. The largest absolute Gasteiger partial charge is 0.480 e. The lowest BCUT2D eigenvalue weighted by Gasteiger charge is -2.47. The van der Waals surface area contributed by atoms with E-state index in [0.29, 0.717) is 11.1 Å². The van der Waals surface area contributed by atoms with Crippen LogP contribution in [0.2, 0.25) is 0 Å². The van der Waals surface area contributed by atoms with Gasteiger partial charge in [0.15, 0.2) is 12.6 Å². The van der Waals surface area contributed by atoms with E-state index in [1.807, 2.05) is 0 Å². The number of aliphatic hydroxyl groups excluding tert-OH is 2. The van der Waals surface area contributed by atoms with Crippen molar-refractivity contribution >= 4 is 23.8 Å². The van der Waals surface area contributed by atoms with Crippen molar-refractivity contribution in [2.45, 2.75) is 37.0 Å². The number of ether oxygens (including phenoxy) is 4. The summed E-state index contributed by atoms with van der Waals surface area (Å²) in [5.74, 6) is -3.46. The van der Waals surface area contributed by atoms with Crippen molar-refractivity contribution < 1.29 is 58.6 Å². The van der Waals surface area contributed by atoms with Crippen molar-refractivity contribution in [1.82, 2.24) is 10.6 Å². The molecular weight excluding hydrogens is 532 g/mol. The third-order valence-corrected chi connectivity index (χ3v) is 6.22. The standard InChI is InChI=1S/C26H28N2O12/c29-11-17(30)21-22-18(38-26(39-21)16-7-3-14(4-8-16)24(36)28-10-20(33)34)12-37-25(40-22)15-5-1-13(2-6-15)23(35)27-9-19(31)32/h1-8,17-18,21-22,25-26,29-30H,9-12H2,(H,27,35)(H,28,36)(H,31,32)(H,33,34)/t17-,18+,21-,22-,25?,26?/m1/s1. The Morgan fingerprint density at radius 3 is 1.75 bits per heavy atom. The maximum Gasteiger partial charge on any atom is 0.322 e. The number of fused-ring (bicyclic) bond motifs is 1. The second kappa shape index (κ2) is 13.0. The molecule has 0 saturated carbocycles. The Morgan fingerprint density at radius 1 is 0.775 bits per heavy atom. The summed E-state index contributed by atoms with van der Waals surface area (Å²) in [6.45, 7) is -1.61. The number of carboxylic acid groups (broad SMARTS) is 2. The first-order valence-electron chi connectivity index (χ1n) is 12.2. The first-order valence-corrected chi connectivity index (χ1v) is 12.2. The molecule has 0 bridgehead atoms. The van der Waals surface area contributed by atoms with Crippen LogP contribution in [0.15, 0.2) is 48.5 Å². The number of amides is 2. The Hall–Kier alpha value is -3.92. The van der Waals surface area contributed by atoms with Gasteiger partial charge >= 0.3 is 11.9 Å². The fraction of sp³-hybridized carbons (Fsp3) is 0.385. The van der Waals surface area contributed by atoms with Crippen LogP contribution in [0.4, 0.5) is 0 Å². The van der Waals surface area contributed by atoms with Gasteiger partial charge < -0.3 is 50.0 Å². The molecule has 2 aliphatic heterocycles. The van der Waals surface area contributed by atoms with Crippen molar-refractivity contribution in [3.05, 3.63) is 70.8 Å². The summed E-state index contributed by atoms with van der Waals surface area (Å²) in [5.41, 5.74) is 1.51. The van der Waals surface area contributed by atoms with Gasteiger partial charge in [-0.3, -0.25) is 19.2 Å². The molecule has 6 atom stereocenters. The molecule has 2 fully saturated rings. The fourth-order valence-corrected chi connectivity index (χ4v) is 4.21. The van der Waals surface area contributed by atoms with E-state index in [9.17, 15) is 29.4 Å². The molecule has 2 unspecified atom stereocenters. The third-order valence-electron chi connectivity index (χ3n) is 6.22. The minimum Gasteiger partial charge on any atom is -0.480 e. The van der Waals surface area contributed by atoms with Gasteiger partial charge in [-0.2, -0.15) is 0 Å². The molecular formula is C26H28N2O12. The van der Waals surface area contributed by atoms with Crippen LogP contribution in [0.25, 0.3) is 0 Å². The summed E-state index contributed by atoms with van der Waals surface area (Å²) in [6.07, 6.45) is -5.76. The van der Waals surface area contributed by atoms with Gasteiger partial charge in [-0.25, -0.2) is 0 Å². The minimum atomic E-state index is -1.32. The molecule has 0 aromatic heterocycles. The molecule has 14 nitrogen and oxygen atoms in total. The maximum absolute atomic E-state index is 12.1. The minimum absolute atomic E-state index is 0.0420. The summed E-state index contributed by atoms with van der Waals surface area (Å²) >= 11 is 0. The van der Waals surface area contributed by atoms with Gasteiger partial charge in [-0.15, -0.1) is 0 Å². The van der Waals surface area contributed by atoms with Gasteiger partial charge in [0.1, 0.15) is 37.5 Å². The van der Waals surface area contributed by atoms with E-state index in [1.165, 1.54) is 24.3 Å². The topological polar surface area (TPSA) is 210 Å². The summed E-state index contributed by atoms with van der Waals surface area (Å²) in [7, 11) is 0. The number of nitrogens with one attached hydrogen (secondary N) is 2. The van der Waals surface area contributed by atoms with Gasteiger partial charge in [-0.05, 0) is 24.3 Å². The van der Waals surface area contributed by atoms with Gasteiger partial charge in [0.05, 0.1) is 13.2 Å². The lowest BCUT2D eigenvalue weighted by molar-refractivity contribution is -0.373. The average molecular weight is 561 g/mol. The highest BCUT2D eigenvalue weighted by molar-refractivity contribution is 5.96. The second-order valence-corrected chi connectivity index (χ2v) is 9.02. The van der Waals surface area contributed by atoms with Crippen molar-refractivity contribution in [2.75, 3.05) is 26.3 Å². The average Bonchev–Trinajstić information content (AvgIpc) is 2.97. The second-order valence-electron chi connectivity index (χ2n) is 9.02. The highest BCUT2D eigenvalue weighted by Gasteiger charge is 2.48. The predicted molar refractivity (Wildman–Crippen MR) is 132 cm³/mol. The van der Waals surface area contributed by atoms with Crippen LogP contribution in [0.3, 0.4) is 0 Å². The van der Waals surface area contributed by atoms with Gasteiger partial charge in [0, 0.05) is 22.3 Å². The van der Waals surface area contributed by atoms with E-state index in [4.69, 9.17) is 29.2 Å². The number of carboxylic acids is 2. The molecule has 2 heterocycles. The molecule has 2 aromatic rings. The molecule has 2 aliphatic rings. The molecule has 2 aromatic carbocycles. The first kappa shape index (κ1) is 29.1. The fourth-order valence-electron chi connectivity index (χ4n) is 4.21. The summed E-state index contributed by atoms with van der Waals surface area (Å²) in [4.78, 5) is 45.5. The normalized spacial score (nSPS) is 24.8. The zero-order chi connectivity index (χ0) is 28.8. The highest BCUT2D eigenvalue weighted by Crippen LogP contribution is 2.39. The third kappa shape index (κ3) is 6.98. The summed E-state index contributed by atoms with van der Waals surface area (Å²) in [6, 6.07) is 12.2. The van der Waals surface area contributed by atoms with Crippen molar-refractivity contribution in [3.8, 4) is 0 Å².